The van der Waals surface area contributed by atoms with E-state index in [0.29, 0.717) is 0 Å². The molecule has 0 fully saturated rings. The molecule has 0 spiro atoms. The highest BCUT2D eigenvalue weighted by molar-refractivity contribution is 6.44. The summed E-state index contributed by atoms with van der Waals surface area (Å²) in [5.74, 6) is 0. The summed E-state index contributed by atoms with van der Waals surface area (Å²) in [7, 11) is 0. The second-order valence-corrected chi connectivity index (χ2v) is 13.7. The van der Waals surface area contributed by atoms with E-state index in [0.717, 1.165) is 44.7 Å². The molecule has 3 heteroatoms. The molecule has 12 aromatic rings. The summed E-state index contributed by atoms with van der Waals surface area (Å²) in [6.45, 7) is 0. The van der Waals surface area contributed by atoms with Crippen LogP contribution in [0.2, 0.25) is 0 Å². The van der Waals surface area contributed by atoms with E-state index in [1.54, 1.807) is 0 Å². The van der Waals surface area contributed by atoms with Crippen molar-refractivity contribution < 1.29 is 4.42 Å². The van der Waals surface area contributed by atoms with Gasteiger partial charge >= 0.3 is 0 Å². The Hall–Kier alpha value is -6.84. The summed E-state index contributed by atoms with van der Waals surface area (Å²) >= 11 is 0. The van der Waals surface area contributed by atoms with E-state index in [1.165, 1.54) is 64.9 Å². The zero-order valence-electron chi connectivity index (χ0n) is 27.5. The van der Waals surface area contributed by atoms with Gasteiger partial charge in [-0.1, -0.05) is 97.1 Å². The summed E-state index contributed by atoms with van der Waals surface area (Å²) in [4.78, 5) is 2.33. The molecule has 0 N–H and O–H groups in total. The number of nitrogens with zero attached hydrogens (tertiary/aromatic N) is 2. The van der Waals surface area contributed by atoms with E-state index >= 15 is 0 Å². The van der Waals surface area contributed by atoms with Crippen LogP contribution in [0.15, 0.2) is 174 Å². The minimum absolute atomic E-state index is 0.895. The monoisotopic (exact) mass is 648 g/mol. The number of fused-ring (bicyclic) bond motifs is 7. The van der Waals surface area contributed by atoms with Crippen molar-refractivity contribution in [3.05, 3.63) is 170 Å². The Balaban J connectivity index is 1.09. The van der Waals surface area contributed by atoms with Gasteiger partial charge in [-0.15, -0.1) is 0 Å². The van der Waals surface area contributed by atoms with Crippen molar-refractivity contribution in [1.82, 2.24) is 4.57 Å². The molecule has 10 aromatic carbocycles. The third-order valence-electron chi connectivity index (χ3n) is 11.1. The molecule has 51 heavy (non-hydrogen) atoms. The SMILES string of the molecule is c1ccc(N(c2ccc(-n3c4cccc5c6cccc7c8ccccc8c8ccc3c(c8c76)c54)cc2)c2ccc3oc4ccccc4c3c2)cc1. The van der Waals surface area contributed by atoms with E-state index < -0.39 is 0 Å². The zero-order chi connectivity index (χ0) is 33.2. The molecule has 2 heterocycles. The Morgan fingerprint density at radius 1 is 0.333 bits per heavy atom. The van der Waals surface area contributed by atoms with Crippen LogP contribution in [0.25, 0.3) is 92.5 Å². The first kappa shape index (κ1) is 27.0. The lowest BCUT2D eigenvalue weighted by molar-refractivity contribution is 0.669. The molecular weight excluding hydrogens is 621 g/mol. The van der Waals surface area contributed by atoms with Gasteiger partial charge in [0.1, 0.15) is 11.2 Å². The van der Waals surface area contributed by atoms with Crippen molar-refractivity contribution >= 4 is 104 Å². The number of anilines is 3. The van der Waals surface area contributed by atoms with E-state index in [9.17, 15) is 0 Å². The molecule has 3 nitrogen and oxygen atoms in total. The Bertz CT molecular complexity index is 3300. The van der Waals surface area contributed by atoms with Crippen LogP contribution in [-0.2, 0) is 0 Å². The zero-order valence-corrected chi connectivity index (χ0v) is 27.5. The second-order valence-electron chi connectivity index (χ2n) is 13.7. The third kappa shape index (κ3) is 3.57. The average molecular weight is 649 g/mol. The summed E-state index contributed by atoms with van der Waals surface area (Å²) in [5, 5.41) is 15.6. The number of rotatable bonds is 4. The average Bonchev–Trinajstić information content (AvgIpc) is 3.74. The van der Waals surface area contributed by atoms with E-state index in [2.05, 4.69) is 167 Å². The molecule has 0 amide bonds. The number of furan rings is 1. The predicted octanol–water partition coefficient (Wildman–Crippen LogP) is 13.6. The van der Waals surface area contributed by atoms with Crippen LogP contribution in [0, 0.1) is 0 Å². The van der Waals surface area contributed by atoms with Crippen LogP contribution in [0.1, 0.15) is 0 Å². The molecule has 0 bridgehead atoms. The largest absolute Gasteiger partial charge is 0.456 e. The van der Waals surface area contributed by atoms with Gasteiger partial charge < -0.3 is 13.9 Å². The first-order valence-electron chi connectivity index (χ1n) is 17.5. The predicted molar refractivity (Wildman–Crippen MR) is 215 cm³/mol. The summed E-state index contributed by atoms with van der Waals surface area (Å²) in [6.07, 6.45) is 0. The minimum atomic E-state index is 0.895. The molecule has 0 aliphatic rings. The van der Waals surface area contributed by atoms with Gasteiger partial charge in [-0.2, -0.15) is 0 Å². The highest BCUT2D eigenvalue weighted by Crippen LogP contribution is 2.49. The van der Waals surface area contributed by atoms with Gasteiger partial charge in [-0.3, -0.25) is 0 Å². The molecule has 236 valence electrons. The number of hydrogen-bond donors (Lipinski definition) is 0. The summed E-state index contributed by atoms with van der Waals surface area (Å²) < 4.78 is 8.64. The van der Waals surface area contributed by atoms with Gasteiger partial charge in [0, 0.05) is 49.7 Å². The van der Waals surface area contributed by atoms with Gasteiger partial charge in [-0.05, 0) is 110 Å². The van der Waals surface area contributed by atoms with Gasteiger partial charge in [-0.25, -0.2) is 0 Å². The molecule has 2 aromatic heterocycles. The fraction of sp³-hybridized carbons (Fsp3) is 0. The smallest absolute Gasteiger partial charge is 0.135 e. The lowest BCUT2D eigenvalue weighted by Gasteiger charge is -2.26. The molecule has 0 atom stereocenters. The number of para-hydroxylation sites is 2. The Morgan fingerprint density at radius 2 is 0.902 bits per heavy atom. The maximum atomic E-state index is 6.18. The van der Waals surface area contributed by atoms with Crippen LogP contribution < -0.4 is 4.90 Å². The highest BCUT2D eigenvalue weighted by Gasteiger charge is 2.24. The standard InChI is InChI=1S/C48H28N2O/c1-2-10-29(11-3-1)49(32-24-27-44-40(28-32)35-14-6-7-19-43(35)51-44)30-20-22-31(23-21-30)50-41-18-9-17-38-37-16-8-15-36-33-12-4-5-13-34(33)39-25-26-42(50)48(46(38)41)47(39)45(36)37/h1-28H. The molecule has 0 aliphatic heterocycles. The van der Waals surface area contributed by atoms with Crippen molar-refractivity contribution in [2.45, 2.75) is 0 Å². The van der Waals surface area contributed by atoms with Crippen LogP contribution in [0.4, 0.5) is 17.1 Å². The molecule has 0 radical (unpaired) electrons. The maximum Gasteiger partial charge on any atom is 0.135 e. The Labute approximate surface area is 292 Å². The van der Waals surface area contributed by atoms with E-state index in [-0.39, 0.29) is 0 Å². The first-order valence-corrected chi connectivity index (χ1v) is 17.5. The summed E-state index contributed by atoms with van der Waals surface area (Å²) in [6, 6.07) is 61.6. The van der Waals surface area contributed by atoms with Crippen LogP contribution in [0.3, 0.4) is 0 Å². The normalized spacial score (nSPS) is 12.3. The third-order valence-corrected chi connectivity index (χ3v) is 11.1. The summed E-state index contributed by atoms with van der Waals surface area (Å²) in [5.41, 5.74) is 8.69. The van der Waals surface area contributed by atoms with Crippen molar-refractivity contribution in [3.8, 4) is 5.69 Å². The topological polar surface area (TPSA) is 21.3 Å². The van der Waals surface area contributed by atoms with E-state index in [1.807, 2.05) is 12.1 Å². The molecule has 0 saturated carbocycles. The quantitative estimate of drug-likeness (QED) is 0.140. The number of aromatic nitrogens is 1. The lowest BCUT2D eigenvalue weighted by atomic mass is 9.86. The second kappa shape index (κ2) is 9.87. The molecule has 12 rings (SSSR count). The van der Waals surface area contributed by atoms with Crippen molar-refractivity contribution in [2.24, 2.45) is 0 Å². The van der Waals surface area contributed by atoms with Gasteiger partial charge in [0.05, 0.1) is 11.0 Å². The van der Waals surface area contributed by atoms with Gasteiger partial charge in [0.2, 0.25) is 0 Å². The fourth-order valence-corrected chi connectivity index (χ4v) is 8.99. The molecular formula is C48H28N2O. The van der Waals surface area contributed by atoms with Crippen LogP contribution in [0.5, 0.6) is 0 Å². The number of benzene rings is 10. The highest BCUT2D eigenvalue weighted by atomic mass is 16.3. The first-order chi connectivity index (χ1) is 25.3. The van der Waals surface area contributed by atoms with Crippen molar-refractivity contribution in [3.63, 3.8) is 0 Å². The molecule has 0 saturated heterocycles. The molecule has 0 aliphatic carbocycles. The van der Waals surface area contributed by atoms with Crippen molar-refractivity contribution in [1.29, 1.82) is 0 Å². The Morgan fingerprint density at radius 3 is 1.71 bits per heavy atom. The van der Waals surface area contributed by atoms with Crippen LogP contribution >= 0.6 is 0 Å². The lowest BCUT2D eigenvalue weighted by Crippen LogP contribution is -2.09. The van der Waals surface area contributed by atoms with Crippen molar-refractivity contribution in [2.75, 3.05) is 4.90 Å². The van der Waals surface area contributed by atoms with Crippen LogP contribution in [-0.4, -0.2) is 4.57 Å². The molecule has 0 unspecified atom stereocenters. The van der Waals surface area contributed by atoms with Gasteiger partial charge in [0.25, 0.3) is 0 Å². The Kier molecular flexibility index (Phi) is 5.23. The maximum absolute atomic E-state index is 6.18. The number of hydrogen-bond acceptors (Lipinski definition) is 2. The van der Waals surface area contributed by atoms with E-state index in [4.69, 9.17) is 4.42 Å². The minimum Gasteiger partial charge on any atom is -0.456 e. The fourth-order valence-electron chi connectivity index (χ4n) is 8.99. The van der Waals surface area contributed by atoms with Gasteiger partial charge in [0.15, 0.2) is 0 Å².